The van der Waals surface area contributed by atoms with Gasteiger partial charge in [-0.1, -0.05) is 19.9 Å². The van der Waals surface area contributed by atoms with Crippen LogP contribution in [0.1, 0.15) is 33.1 Å². The molecule has 96 valence electrons. The number of rotatable bonds is 7. The molecule has 0 bridgehead atoms. The van der Waals surface area contributed by atoms with E-state index in [9.17, 15) is 4.79 Å². The Hall–Kier alpha value is -0.540. The van der Waals surface area contributed by atoms with Crippen LogP contribution in [0.15, 0.2) is 12.7 Å². The number of ether oxygens (including phenoxy) is 1. The molecule has 0 aliphatic heterocycles. The van der Waals surface area contributed by atoms with Gasteiger partial charge in [0.25, 0.3) is 0 Å². The van der Waals surface area contributed by atoms with Crippen molar-refractivity contribution in [2.45, 2.75) is 39.3 Å². The highest BCUT2D eigenvalue weighted by Gasteiger charge is 2.25. The minimum absolute atomic E-state index is 0. The van der Waals surface area contributed by atoms with Gasteiger partial charge in [0.2, 0.25) is 6.23 Å². The monoisotopic (exact) mass is 249 g/mol. The first-order valence-electron chi connectivity index (χ1n) is 5.59. The molecular weight excluding hydrogens is 226 g/mol. The van der Waals surface area contributed by atoms with Gasteiger partial charge in [0.05, 0.1) is 20.6 Å². The fourth-order valence-corrected chi connectivity index (χ4v) is 1.31. The molecule has 0 rings (SSSR count). The molecule has 4 heteroatoms. The first-order chi connectivity index (χ1) is 6.94. The lowest BCUT2D eigenvalue weighted by Crippen LogP contribution is -3.00. The third-order valence-corrected chi connectivity index (χ3v) is 2.78. The van der Waals surface area contributed by atoms with E-state index in [0.29, 0.717) is 4.48 Å². The molecule has 0 spiro atoms. The molecule has 16 heavy (non-hydrogen) atoms. The van der Waals surface area contributed by atoms with Crippen molar-refractivity contribution in [3.63, 3.8) is 0 Å². The van der Waals surface area contributed by atoms with Crippen molar-refractivity contribution >= 4 is 5.97 Å². The molecule has 0 heterocycles. The minimum atomic E-state index is -0.343. The smallest absolute Gasteiger partial charge is 0.334 e. The van der Waals surface area contributed by atoms with Gasteiger partial charge >= 0.3 is 5.97 Å². The molecule has 0 aromatic heterocycles. The lowest BCUT2D eigenvalue weighted by atomic mass is 10.2. The van der Waals surface area contributed by atoms with Crippen LogP contribution in [0.25, 0.3) is 0 Å². The zero-order chi connectivity index (χ0) is 11.9. The van der Waals surface area contributed by atoms with E-state index < -0.39 is 0 Å². The molecule has 0 radical (unpaired) electrons. The molecule has 0 aliphatic rings. The molecule has 0 aromatic rings. The lowest BCUT2D eigenvalue weighted by Gasteiger charge is -2.34. The van der Waals surface area contributed by atoms with E-state index in [2.05, 4.69) is 27.6 Å². The Bertz CT molecular complexity index is 217. The van der Waals surface area contributed by atoms with Gasteiger partial charge in [0.1, 0.15) is 0 Å². The maximum atomic E-state index is 11.0. The number of quaternary nitrogens is 1. The zero-order valence-corrected chi connectivity index (χ0v) is 11.6. The zero-order valence-electron chi connectivity index (χ0n) is 10.8. The Morgan fingerprint density at radius 1 is 1.44 bits per heavy atom. The molecule has 0 aromatic carbocycles. The molecular formula is C12H24ClNO2. The van der Waals surface area contributed by atoms with Crippen LogP contribution in [0.4, 0.5) is 0 Å². The first-order valence-corrected chi connectivity index (χ1v) is 5.59. The molecule has 1 atom stereocenters. The summed E-state index contributed by atoms with van der Waals surface area (Å²) in [6.07, 6.45) is 4.69. The van der Waals surface area contributed by atoms with Crippen molar-refractivity contribution in [2.75, 3.05) is 20.6 Å². The van der Waals surface area contributed by atoms with Crippen molar-refractivity contribution in [1.29, 1.82) is 0 Å². The van der Waals surface area contributed by atoms with Gasteiger partial charge in [-0.3, -0.25) is 4.48 Å². The molecule has 0 amide bonds. The van der Waals surface area contributed by atoms with Crippen LogP contribution in [-0.4, -0.2) is 37.3 Å². The van der Waals surface area contributed by atoms with E-state index in [4.69, 9.17) is 4.74 Å². The Balaban J connectivity index is 0. The molecule has 0 saturated heterocycles. The molecule has 0 saturated carbocycles. The number of esters is 1. The van der Waals surface area contributed by atoms with E-state index in [-0.39, 0.29) is 24.6 Å². The largest absolute Gasteiger partial charge is 1.00 e. The van der Waals surface area contributed by atoms with E-state index >= 15 is 0 Å². The Morgan fingerprint density at radius 2 is 2.00 bits per heavy atom. The average Bonchev–Trinajstić information content (AvgIpc) is 2.17. The molecule has 1 unspecified atom stereocenters. The third-order valence-electron chi connectivity index (χ3n) is 2.78. The van der Waals surface area contributed by atoms with Gasteiger partial charge in [-0.05, 0) is 12.8 Å². The minimum Gasteiger partial charge on any atom is -1.00 e. The summed E-state index contributed by atoms with van der Waals surface area (Å²) in [6.45, 7) is 8.52. The second kappa shape index (κ2) is 8.59. The Morgan fingerprint density at radius 3 is 2.44 bits per heavy atom. The highest BCUT2D eigenvalue weighted by atomic mass is 35.5. The number of carbonyl (C=O) groups excluding carboxylic acids is 1. The highest BCUT2D eigenvalue weighted by molar-refractivity contribution is 5.81. The molecule has 3 nitrogen and oxygen atoms in total. The maximum Gasteiger partial charge on any atom is 0.334 e. The highest BCUT2D eigenvalue weighted by Crippen LogP contribution is 2.11. The standard InChI is InChI=1S/C12H24NO2.ClH/c1-6-8-9-10-13(4,5)11(3)15-12(14)7-2;/h7,11H,2,6,8-10H2,1,3-5H3;1H/q+1;/p-1. The maximum absolute atomic E-state index is 11.0. The quantitative estimate of drug-likeness (QED) is 0.197. The summed E-state index contributed by atoms with van der Waals surface area (Å²) in [5, 5.41) is 0. The predicted molar refractivity (Wildman–Crippen MR) is 62.3 cm³/mol. The van der Waals surface area contributed by atoms with Gasteiger partial charge < -0.3 is 17.1 Å². The van der Waals surface area contributed by atoms with Crippen molar-refractivity contribution in [1.82, 2.24) is 0 Å². The fourth-order valence-electron chi connectivity index (χ4n) is 1.31. The number of hydrogen-bond acceptors (Lipinski definition) is 2. The van der Waals surface area contributed by atoms with Crippen LogP contribution >= 0.6 is 0 Å². The van der Waals surface area contributed by atoms with Crippen LogP contribution in [0.5, 0.6) is 0 Å². The van der Waals surface area contributed by atoms with Crippen LogP contribution in [-0.2, 0) is 9.53 Å². The second-order valence-electron chi connectivity index (χ2n) is 4.45. The summed E-state index contributed by atoms with van der Waals surface area (Å²) in [7, 11) is 4.16. The van der Waals surface area contributed by atoms with Crippen LogP contribution < -0.4 is 12.4 Å². The van der Waals surface area contributed by atoms with E-state index in [1.807, 2.05) is 6.92 Å². The Kier molecular flexibility index (Phi) is 9.58. The van der Waals surface area contributed by atoms with Gasteiger partial charge in [-0.15, -0.1) is 0 Å². The van der Waals surface area contributed by atoms with Crippen molar-refractivity contribution < 1.29 is 26.4 Å². The van der Waals surface area contributed by atoms with E-state index in [1.165, 1.54) is 25.3 Å². The number of carbonyl (C=O) groups is 1. The summed E-state index contributed by atoms with van der Waals surface area (Å²) < 4.78 is 5.92. The van der Waals surface area contributed by atoms with Crippen molar-refractivity contribution in [3.05, 3.63) is 12.7 Å². The van der Waals surface area contributed by atoms with E-state index in [0.717, 1.165) is 6.54 Å². The fraction of sp³-hybridized carbons (Fsp3) is 0.750. The van der Waals surface area contributed by atoms with Crippen molar-refractivity contribution in [2.24, 2.45) is 0 Å². The first kappa shape index (κ1) is 17.8. The van der Waals surface area contributed by atoms with E-state index in [1.54, 1.807) is 0 Å². The normalized spacial score (nSPS) is 12.5. The third kappa shape index (κ3) is 6.85. The molecule has 0 fully saturated rings. The number of hydrogen-bond donors (Lipinski definition) is 0. The van der Waals surface area contributed by atoms with Crippen LogP contribution in [0, 0.1) is 0 Å². The summed E-state index contributed by atoms with van der Waals surface area (Å²) in [6, 6.07) is 0. The SMILES string of the molecule is C=CC(=O)OC(C)[N+](C)(C)CCCCC.[Cl-]. The Labute approximate surface area is 105 Å². The van der Waals surface area contributed by atoms with Crippen LogP contribution in [0.2, 0.25) is 0 Å². The summed E-state index contributed by atoms with van der Waals surface area (Å²) in [4.78, 5) is 11.0. The average molecular weight is 250 g/mol. The number of nitrogens with zero attached hydrogens (tertiary/aromatic N) is 1. The predicted octanol–water partition coefficient (Wildman–Crippen LogP) is -0.668. The number of halogens is 1. The topological polar surface area (TPSA) is 26.3 Å². The van der Waals surface area contributed by atoms with Crippen LogP contribution in [0.3, 0.4) is 0 Å². The van der Waals surface area contributed by atoms with Gasteiger partial charge in [-0.25, -0.2) is 4.79 Å². The number of unbranched alkanes of at least 4 members (excludes halogenated alkanes) is 2. The molecule has 0 aliphatic carbocycles. The van der Waals surface area contributed by atoms with Crippen molar-refractivity contribution in [3.8, 4) is 0 Å². The summed E-state index contributed by atoms with van der Waals surface area (Å²) in [5.74, 6) is -0.343. The van der Waals surface area contributed by atoms with Gasteiger partial charge in [0.15, 0.2) is 0 Å². The summed E-state index contributed by atoms with van der Waals surface area (Å²) in [5.41, 5.74) is 0. The lowest BCUT2D eigenvalue weighted by molar-refractivity contribution is -0.932. The second-order valence-corrected chi connectivity index (χ2v) is 4.45. The summed E-state index contributed by atoms with van der Waals surface area (Å²) >= 11 is 0. The van der Waals surface area contributed by atoms with Gasteiger partial charge in [-0.2, -0.15) is 0 Å². The molecule has 0 N–H and O–H groups in total. The van der Waals surface area contributed by atoms with Gasteiger partial charge in [0, 0.05) is 13.0 Å².